The molecule has 25 heavy (non-hydrogen) atoms. The lowest BCUT2D eigenvalue weighted by Gasteiger charge is -2.10. The van der Waals surface area contributed by atoms with E-state index in [-0.39, 0.29) is 12.1 Å². The Morgan fingerprint density at radius 3 is 2.36 bits per heavy atom. The summed E-state index contributed by atoms with van der Waals surface area (Å²) in [6.45, 7) is 2.15. The van der Waals surface area contributed by atoms with Crippen LogP contribution < -0.4 is 0 Å². The van der Waals surface area contributed by atoms with Crippen molar-refractivity contribution in [3.8, 4) is 11.8 Å². The van der Waals surface area contributed by atoms with Crippen molar-refractivity contribution in [3.63, 3.8) is 0 Å². The minimum absolute atomic E-state index is 0.252. The van der Waals surface area contributed by atoms with E-state index < -0.39 is 0 Å². The number of carbonyl (C=O) groups excluding carboxylic acids is 1. The second kappa shape index (κ2) is 8.35. The zero-order valence-electron chi connectivity index (χ0n) is 14.5. The van der Waals surface area contributed by atoms with Crippen LogP contribution in [0.2, 0.25) is 0 Å². The molecule has 0 amide bonds. The third-order valence-corrected chi connectivity index (χ3v) is 4.26. The van der Waals surface area contributed by atoms with Crippen LogP contribution in [0.15, 0.2) is 71.8 Å². The molecule has 0 fully saturated rings. The van der Waals surface area contributed by atoms with Gasteiger partial charge in [-0.2, -0.15) is 0 Å². The molecule has 2 aromatic carbocycles. The van der Waals surface area contributed by atoms with Crippen LogP contribution in [0.5, 0.6) is 0 Å². The summed E-state index contributed by atoms with van der Waals surface area (Å²) in [5.41, 5.74) is 3.56. The van der Waals surface area contributed by atoms with Crippen LogP contribution in [-0.2, 0) is 16.0 Å². The fourth-order valence-corrected chi connectivity index (χ4v) is 2.90. The van der Waals surface area contributed by atoms with Crippen molar-refractivity contribution >= 4 is 5.97 Å². The first-order valence-electron chi connectivity index (χ1n) is 8.81. The molecule has 0 N–H and O–H groups in total. The Morgan fingerprint density at radius 2 is 1.68 bits per heavy atom. The van der Waals surface area contributed by atoms with Crippen LogP contribution in [-0.4, -0.2) is 5.97 Å². The fraction of sp³-hybridized carbons (Fsp3) is 0.261. The predicted molar refractivity (Wildman–Crippen MR) is 99.7 cm³/mol. The molecule has 0 saturated heterocycles. The Bertz CT molecular complexity index is 807. The third-order valence-electron chi connectivity index (χ3n) is 4.26. The van der Waals surface area contributed by atoms with Gasteiger partial charge in [0.05, 0.1) is 11.1 Å². The first kappa shape index (κ1) is 17.0. The van der Waals surface area contributed by atoms with Crippen LogP contribution in [0.25, 0.3) is 0 Å². The van der Waals surface area contributed by atoms with Gasteiger partial charge in [-0.15, -0.1) is 0 Å². The molecule has 0 spiro atoms. The average molecular weight is 330 g/mol. The second-order valence-corrected chi connectivity index (χ2v) is 6.16. The van der Waals surface area contributed by atoms with Gasteiger partial charge in [0.1, 0.15) is 0 Å². The number of rotatable bonds is 5. The van der Waals surface area contributed by atoms with Crippen molar-refractivity contribution in [3.05, 3.63) is 82.9 Å². The molecule has 1 unspecified atom stereocenters. The Kier molecular flexibility index (Phi) is 5.69. The second-order valence-electron chi connectivity index (χ2n) is 6.16. The maximum Gasteiger partial charge on any atom is 0.336 e. The number of benzene rings is 2. The van der Waals surface area contributed by atoms with E-state index >= 15 is 0 Å². The quantitative estimate of drug-likeness (QED) is 0.437. The number of cyclic esters (lactones) is 1. The molecule has 0 radical (unpaired) electrons. The Labute approximate surface area is 149 Å². The minimum Gasteiger partial charge on any atom is -0.448 e. The maximum absolute atomic E-state index is 12.5. The highest BCUT2D eigenvalue weighted by Gasteiger charge is 2.34. The molecule has 126 valence electrons. The summed E-state index contributed by atoms with van der Waals surface area (Å²) in [5.74, 6) is 6.22. The van der Waals surface area contributed by atoms with Gasteiger partial charge < -0.3 is 4.74 Å². The van der Waals surface area contributed by atoms with Gasteiger partial charge in [-0.05, 0) is 17.5 Å². The molecule has 0 bridgehead atoms. The summed E-state index contributed by atoms with van der Waals surface area (Å²) in [5, 5.41) is 0. The van der Waals surface area contributed by atoms with E-state index in [2.05, 4.69) is 18.8 Å². The van der Waals surface area contributed by atoms with Gasteiger partial charge in [0.2, 0.25) is 0 Å². The topological polar surface area (TPSA) is 26.3 Å². The van der Waals surface area contributed by atoms with Crippen LogP contribution in [0.3, 0.4) is 0 Å². The highest BCUT2D eigenvalue weighted by atomic mass is 16.5. The van der Waals surface area contributed by atoms with Crippen LogP contribution in [0, 0.1) is 11.8 Å². The smallest absolute Gasteiger partial charge is 0.336 e. The molecule has 2 heteroatoms. The molecular formula is C23H22O2. The molecule has 1 aliphatic heterocycles. The van der Waals surface area contributed by atoms with Crippen molar-refractivity contribution in [2.24, 2.45) is 0 Å². The molecule has 2 aromatic rings. The van der Waals surface area contributed by atoms with E-state index in [1.54, 1.807) is 0 Å². The van der Waals surface area contributed by atoms with Gasteiger partial charge in [-0.1, -0.05) is 85.8 Å². The molecule has 1 aliphatic rings. The van der Waals surface area contributed by atoms with E-state index in [1.807, 2.05) is 60.7 Å². The summed E-state index contributed by atoms with van der Waals surface area (Å²) < 4.78 is 5.69. The largest absolute Gasteiger partial charge is 0.448 e. The Hall–Kier alpha value is -2.79. The number of hydrogen-bond acceptors (Lipinski definition) is 2. The van der Waals surface area contributed by atoms with E-state index in [0.717, 1.165) is 36.0 Å². The van der Waals surface area contributed by atoms with Crippen LogP contribution >= 0.6 is 0 Å². The lowest BCUT2D eigenvalue weighted by atomic mass is 9.95. The van der Waals surface area contributed by atoms with E-state index in [1.165, 1.54) is 0 Å². The summed E-state index contributed by atoms with van der Waals surface area (Å²) in [6.07, 6.45) is 3.19. The highest BCUT2D eigenvalue weighted by molar-refractivity contribution is 5.94. The summed E-state index contributed by atoms with van der Waals surface area (Å²) in [6, 6.07) is 19.8. The fourth-order valence-electron chi connectivity index (χ4n) is 2.90. The molecule has 0 aromatic heterocycles. The molecule has 2 nitrogen and oxygen atoms in total. The lowest BCUT2D eigenvalue weighted by Crippen LogP contribution is -2.04. The molecule has 0 saturated carbocycles. The zero-order valence-corrected chi connectivity index (χ0v) is 14.5. The zero-order chi connectivity index (χ0) is 17.5. The highest BCUT2D eigenvalue weighted by Crippen LogP contribution is 2.36. The summed E-state index contributed by atoms with van der Waals surface area (Å²) >= 11 is 0. The first-order chi connectivity index (χ1) is 12.3. The Balaban J connectivity index is 1.96. The van der Waals surface area contributed by atoms with Gasteiger partial charge >= 0.3 is 5.97 Å². The molecule has 3 rings (SSSR count). The Morgan fingerprint density at radius 1 is 1.00 bits per heavy atom. The monoisotopic (exact) mass is 330 g/mol. The van der Waals surface area contributed by atoms with Crippen molar-refractivity contribution in [1.29, 1.82) is 0 Å². The van der Waals surface area contributed by atoms with Gasteiger partial charge in [-0.25, -0.2) is 4.79 Å². The van der Waals surface area contributed by atoms with Gasteiger partial charge in [-0.3, -0.25) is 0 Å². The molecule has 1 heterocycles. The maximum atomic E-state index is 12.5. The molecular weight excluding hydrogens is 308 g/mol. The summed E-state index contributed by atoms with van der Waals surface area (Å²) in [4.78, 5) is 12.5. The van der Waals surface area contributed by atoms with Crippen molar-refractivity contribution in [2.45, 2.75) is 38.7 Å². The predicted octanol–water partition coefficient (Wildman–Crippen LogP) is 5.02. The van der Waals surface area contributed by atoms with Gasteiger partial charge in [0, 0.05) is 12.8 Å². The number of ether oxygens (including phenoxy) is 1. The normalized spacial score (nSPS) is 16.4. The van der Waals surface area contributed by atoms with Gasteiger partial charge in [0.15, 0.2) is 6.10 Å². The molecule has 0 aliphatic carbocycles. The average Bonchev–Trinajstić information content (AvgIpc) is 2.96. The van der Waals surface area contributed by atoms with E-state index in [0.29, 0.717) is 12.0 Å². The van der Waals surface area contributed by atoms with Crippen molar-refractivity contribution in [1.82, 2.24) is 0 Å². The molecule has 1 atom stereocenters. The van der Waals surface area contributed by atoms with Crippen LogP contribution in [0.1, 0.15) is 43.4 Å². The SMILES string of the molecule is CCCCC#CC1=C(Cc2ccccc2)C(=O)OC1c1ccccc1. The standard InChI is InChI=1S/C23H22O2/c1-2-3-4-11-16-20-21(17-18-12-7-5-8-13-18)23(24)25-22(20)19-14-9-6-10-15-19/h5-10,12-15,22H,2-4,17H2,1H3. The van der Waals surface area contributed by atoms with Crippen molar-refractivity contribution in [2.75, 3.05) is 0 Å². The van der Waals surface area contributed by atoms with Crippen LogP contribution in [0.4, 0.5) is 0 Å². The number of unbranched alkanes of at least 4 members (excludes halogenated alkanes) is 2. The number of esters is 1. The lowest BCUT2D eigenvalue weighted by molar-refractivity contribution is -0.140. The third kappa shape index (κ3) is 4.19. The number of carbonyl (C=O) groups is 1. The van der Waals surface area contributed by atoms with Gasteiger partial charge in [0.25, 0.3) is 0 Å². The summed E-state index contributed by atoms with van der Waals surface area (Å²) in [7, 11) is 0. The first-order valence-corrected chi connectivity index (χ1v) is 8.81. The van der Waals surface area contributed by atoms with E-state index in [4.69, 9.17) is 4.74 Å². The van der Waals surface area contributed by atoms with E-state index in [9.17, 15) is 4.79 Å². The number of hydrogen-bond donors (Lipinski definition) is 0. The minimum atomic E-state index is -0.387. The van der Waals surface area contributed by atoms with Crippen molar-refractivity contribution < 1.29 is 9.53 Å².